The fraction of sp³-hybridized carbons (Fsp3) is 0.500. The standard InChI is InChI=1S/C12H15N3O3S/c1-7-10(16)11(17)9(14-15-13)12(18-7)19-8-5-3-2-4-6-8/h2-7,9-12,16-17H,1H3/t7-,9-,10+,11-,12-/m0/s1. The molecule has 0 saturated carbocycles. The van der Waals surface area contributed by atoms with Crippen molar-refractivity contribution in [3.63, 3.8) is 0 Å². The van der Waals surface area contributed by atoms with Gasteiger partial charge in [-0.05, 0) is 24.6 Å². The monoisotopic (exact) mass is 281 g/mol. The predicted molar refractivity (Wildman–Crippen MR) is 71.6 cm³/mol. The number of aliphatic hydroxyl groups excluding tert-OH is 2. The summed E-state index contributed by atoms with van der Waals surface area (Å²) in [6.07, 6.45) is -2.69. The summed E-state index contributed by atoms with van der Waals surface area (Å²) in [7, 11) is 0. The highest BCUT2D eigenvalue weighted by Gasteiger charge is 2.42. The van der Waals surface area contributed by atoms with E-state index < -0.39 is 29.8 Å². The average molecular weight is 281 g/mol. The second-order valence-electron chi connectivity index (χ2n) is 4.32. The van der Waals surface area contributed by atoms with Gasteiger partial charge in [0.25, 0.3) is 0 Å². The van der Waals surface area contributed by atoms with Gasteiger partial charge in [0, 0.05) is 9.81 Å². The van der Waals surface area contributed by atoms with Crippen molar-refractivity contribution in [3.8, 4) is 0 Å². The molecule has 2 rings (SSSR count). The zero-order chi connectivity index (χ0) is 13.8. The highest BCUT2D eigenvalue weighted by molar-refractivity contribution is 7.99. The Morgan fingerprint density at radius 1 is 1.26 bits per heavy atom. The van der Waals surface area contributed by atoms with E-state index in [2.05, 4.69) is 10.0 Å². The van der Waals surface area contributed by atoms with Crippen LogP contribution in [-0.4, -0.2) is 40.0 Å². The fourth-order valence-corrected chi connectivity index (χ4v) is 3.09. The summed E-state index contributed by atoms with van der Waals surface area (Å²) in [5.74, 6) is 0. The number of hydrogen-bond donors (Lipinski definition) is 2. The van der Waals surface area contributed by atoms with Crippen LogP contribution in [0.4, 0.5) is 0 Å². The maximum atomic E-state index is 9.98. The second-order valence-corrected chi connectivity index (χ2v) is 5.49. The molecule has 0 bridgehead atoms. The Balaban J connectivity index is 2.18. The summed E-state index contributed by atoms with van der Waals surface area (Å²) in [5.41, 5.74) is 8.05. The molecule has 1 aromatic carbocycles. The molecule has 0 unspecified atom stereocenters. The zero-order valence-corrected chi connectivity index (χ0v) is 11.1. The van der Waals surface area contributed by atoms with Crippen molar-refractivity contribution in [1.82, 2.24) is 0 Å². The largest absolute Gasteiger partial charge is 0.390 e. The van der Waals surface area contributed by atoms with Crippen LogP contribution in [0.1, 0.15) is 6.92 Å². The quantitative estimate of drug-likeness (QED) is 0.502. The third kappa shape index (κ3) is 3.20. The van der Waals surface area contributed by atoms with E-state index in [1.54, 1.807) is 6.92 Å². The molecule has 1 heterocycles. The lowest BCUT2D eigenvalue weighted by Gasteiger charge is -2.39. The van der Waals surface area contributed by atoms with Crippen LogP contribution >= 0.6 is 11.8 Å². The third-order valence-electron chi connectivity index (χ3n) is 2.99. The highest BCUT2D eigenvalue weighted by Crippen LogP contribution is 2.34. The molecule has 102 valence electrons. The van der Waals surface area contributed by atoms with Crippen molar-refractivity contribution in [3.05, 3.63) is 40.8 Å². The number of nitrogens with zero attached hydrogens (tertiary/aromatic N) is 3. The highest BCUT2D eigenvalue weighted by atomic mass is 32.2. The molecule has 1 aliphatic rings. The maximum Gasteiger partial charge on any atom is 0.119 e. The van der Waals surface area contributed by atoms with Gasteiger partial charge in [0.1, 0.15) is 17.6 Å². The Morgan fingerprint density at radius 3 is 2.58 bits per heavy atom. The lowest BCUT2D eigenvalue weighted by Crippen LogP contribution is -2.54. The zero-order valence-electron chi connectivity index (χ0n) is 10.3. The number of ether oxygens (including phenoxy) is 1. The first-order chi connectivity index (χ1) is 9.13. The van der Waals surface area contributed by atoms with Gasteiger partial charge in [-0.15, -0.1) is 0 Å². The minimum atomic E-state index is -1.12. The molecule has 7 heteroatoms. The molecule has 1 aromatic rings. The molecular formula is C12H15N3O3S. The van der Waals surface area contributed by atoms with E-state index in [-0.39, 0.29) is 0 Å². The molecule has 5 atom stereocenters. The van der Waals surface area contributed by atoms with Crippen molar-refractivity contribution >= 4 is 11.8 Å². The number of hydrogen-bond acceptors (Lipinski definition) is 5. The van der Waals surface area contributed by atoms with Crippen molar-refractivity contribution in [2.75, 3.05) is 0 Å². The molecule has 0 aliphatic carbocycles. The van der Waals surface area contributed by atoms with E-state index in [0.29, 0.717) is 0 Å². The van der Waals surface area contributed by atoms with Crippen molar-refractivity contribution < 1.29 is 14.9 Å². The Bertz CT molecular complexity index is 467. The van der Waals surface area contributed by atoms with Gasteiger partial charge in [-0.3, -0.25) is 0 Å². The average Bonchev–Trinajstić information content (AvgIpc) is 2.42. The van der Waals surface area contributed by atoms with Gasteiger partial charge in [0.05, 0.1) is 12.2 Å². The molecule has 0 spiro atoms. The van der Waals surface area contributed by atoms with E-state index in [1.807, 2.05) is 30.3 Å². The number of benzene rings is 1. The molecule has 19 heavy (non-hydrogen) atoms. The van der Waals surface area contributed by atoms with Crippen LogP contribution in [0.25, 0.3) is 10.4 Å². The van der Waals surface area contributed by atoms with Crippen LogP contribution < -0.4 is 0 Å². The van der Waals surface area contributed by atoms with Crippen LogP contribution in [0.5, 0.6) is 0 Å². The smallest absolute Gasteiger partial charge is 0.119 e. The van der Waals surface area contributed by atoms with Crippen LogP contribution in [0, 0.1) is 0 Å². The Hall–Kier alpha value is -1.24. The summed E-state index contributed by atoms with van der Waals surface area (Å²) in [4.78, 5) is 3.67. The van der Waals surface area contributed by atoms with Gasteiger partial charge in [-0.25, -0.2) is 0 Å². The summed E-state index contributed by atoms with van der Waals surface area (Å²) >= 11 is 1.36. The van der Waals surface area contributed by atoms with Crippen molar-refractivity contribution in [1.29, 1.82) is 0 Å². The van der Waals surface area contributed by atoms with Gasteiger partial charge in [0.15, 0.2) is 0 Å². The summed E-state index contributed by atoms with van der Waals surface area (Å²) in [6, 6.07) is 8.68. The third-order valence-corrected chi connectivity index (χ3v) is 4.16. The lowest BCUT2D eigenvalue weighted by molar-refractivity contribution is -0.147. The first kappa shape index (κ1) is 14.2. The van der Waals surface area contributed by atoms with E-state index in [4.69, 9.17) is 10.3 Å². The lowest BCUT2D eigenvalue weighted by atomic mass is 9.99. The molecule has 0 amide bonds. The van der Waals surface area contributed by atoms with E-state index in [0.717, 1.165) is 4.90 Å². The van der Waals surface area contributed by atoms with Crippen molar-refractivity contribution in [2.45, 2.75) is 41.6 Å². The molecule has 6 nitrogen and oxygen atoms in total. The predicted octanol–water partition coefficient (Wildman–Crippen LogP) is 1.92. The van der Waals surface area contributed by atoms with Gasteiger partial charge in [0.2, 0.25) is 0 Å². The SMILES string of the molecule is C[C@@H]1O[C@@H](Sc2ccccc2)[C@@H](N=[N+]=[N-])[C@H](O)[C@@H]1O. The number of aliphatic hydroxyl groups is 2. The molecule has 0 radical (unpaired) electrons. The van der Waals surface area contributed by atoms with E-state index in [1.165, 1.54) is 11.8 Å². The fourth-order valence-electron chi connectivity index (χ4n) is 1.93. The van der Waals surface area contributed by atoms with Gasteiger partial charge in [-0.2, -0.15) is 0 Å². The van der Waals surface area contributed by atoms with Gasteiger partial charge in [-0.1, -0.05) is 35.1 Å². The van der Waals surface area contributed by atoms with E-state index in [9.17, 15) is 10.2 Å². The summed E-state index contributed by atoms with van der Waals surface area (Å²) in [6.45, 7) is 1.68. The molecule has 0 aromatic heterocycles. The van der Waals surface area contributed by atoms with Crippen LogP contribution in [0.15, 0.2) is 40.3 Å². The summed E-state index contributed by atoms with van der Waals surface area (Å²) in [5, 5.41) is 23.3. The van der Waals surface area contributed by atoms with Crippen molar-refractivity contribution in [2.24, 2.45) is 5.11 Å². The number of thioether (sulfide) groups is 1. The number of azide groups is 1. The Kier molecular flexibility index (Phi) is 4.68. The molecule has 2 N–H and O–H groups in total. The van der Waals surface area contributed by atoms with Crippen LogP contribution in [-0.2, 0) is 4.74 Å². The van der Waals surface area contributed by atoms with Crippen LogP contribution in [0.2, 0.25) is 0 Å². The minimum Gasteiger partial charge on any atom is -0.390 e. The number of rotatable bonds is 3. The maximum absolute atomic E-state index is 9.98. The molecule has 1 saturated heterocycles. The van der Waals surface area contributed by atoms with Gasteiger partial charge < -0.3 is 14.9 Å². The Morgan fingerprint density at radius 2 is 1.95 bits per heavy atom. The van der Waals surface area contributed by atoms with E-state index >= 15 is 0 Å². The molecule has 1 aliphatic heterocycles. The minimum absolute atomic E-state index is 0.513. The van der Waals surface area contributed by atoms with Crippen LogP contribution in [0.3, 0.4) is 0 Å². The molecule has 1 fully saturated rings. The van der Waals surface area contributed by atoms with Gasteiger partial charge >= 0.3 is 0 Å². The topological polar surface area (TPSA) is 98.5 Å². The molecular weight excluding hydrogens is 266 g/mol. The first-order valence-corrected chi connectivity index (χ1v) is 6.79. The second kappa shape index (κ2) is 6.27. The summed E-state index contributed by atoms with van der Waals surface area (Å²) < 4.78 is 5.63. The Labute approximate surface area is 115 Å². The first-order valence-electron chi connectivity index (χ1n) is 5.91. The normalized spacial score (nSPS) is 34.6.